The first-order valence-corrected chi connectivity index (χ1v) is 4.68. The summed E-state index contributed by atoms with van der Waals surface area (Å²) in [5.74, 6) is 0. The lowest BCUT2D eigenvalue weighted by Crippen LogP contribution is -2.57. The smallest absolute Gasteiger partial charge is 0.122 e. The Balaban J connectivity index is 1.84. The molecule has 0 spiro atoms. The third-order valence-corrected chi connectivity index (χ3v) is 3.01. The van der Waals surface area contributed by atoms with Crippen LogP contribution in [0.25, 0.3) is 0 Å². The Morgan fingerprint density at radius 1 is 1.42 bits per heavy atom. The van der Waals surface area contributed by atoms with Crippen LogP contribution >= 0.6 is 0 Å². The van der Waals surface area contributed by atoms with E-state index in [2.05, 4.69) is 16.8 Å². The molecule has 0 saturated carbocycles. The van der Waals surface area contributed by atoms with Crippen molar-refractivity contribution in [2.75, 3.05) is 33.2 Å². The standard InChI is InChI=1S/C9H17FN2/c1-9(10)3-4-12(7-9)8-5-11(2)6-8/h8H,3-7H2,1-2H3. The zero-order valence-corrected chi connectivity index (χ0v) is 7.89. The van der Waals surface area contributed by atoms with Crippen molar-refractivity contribution in [3.05, 3.63) is 0 Å². The van der Waals surface area contributed by atoms with Crippen molar-refractivity contribution in [2.45, 2.75) is 25.1 Å². The predicted molar refractivity (Wildman–Crippen MR) is 47.0 cm³/mol. The average molecular weight is 172 g/mol. The number of hydrogen-bond acceptors (Lipinski definition) is 2. The number of hydrogen-bond donors (Lipinski definition) is 0. The highest BCUT2D eigenvalue weighted by atomic mass is 19.1. The molecule has 1 unspecified atom stereocenters. The van der Waals surface area contributed by atoms with Gasteiger partial charge in [-0.15, -0.1) is 0 Å². The van der Waals surface area contributed by atoms with Crippen LogP contribution < -0.4 is 0 Å². The molecule has 1 atom stereocenters. The lowest BCUT2D eigenvalue weighted by molar-refractivity contribution is 0.0567. The fourth-order valence-corrected chi connectivity index (χ4v) is 2.17. The van der Waals surface area contributed by atoms with Gasteiger partial charge in [-0.05, 0) is 20.4 Å². The molecule has 0 N–H and O–H groups in total. The first-order chi connectivity index (χ1) is 5.57. The zero-order valence-electron chi connectivity index (χ0n) is 7.89. The first kappa shape index (κ1) is 8.45. The fraction of sp³-hybridized carbons (Fsp3) is 1.00. The lowest BCUT2D eigenvalue weighted by atomic mass is 10.1. The summed E-state index contributed by atoms with van der Waals surface area (Å²) >= 11 is 0. The van der Waals surface area contributed by atoms with Crippen molar-refractivity contribution in [2.24, 2.45) is 0 Å². The molecule has 0 amide bonds. The summed E-state index contributed by atoms with van der Waals surface area (Å²) in [6.45, 7) is 5.55. The van der Waals surface area contributed by atoms with E-state index in [0.717, 1.165) is 19.6 Å². The monoisotopic (exact) mass is 172 g/mol. The van der Waals surface area contributed by atoms with Crippen molar-refractivity contribution in [3.8, 4) is 0 Å². The molecular formula is C9H17FN2. The van der Waals surface area contributed by atoms with Crippen molar-refractivity contribution >= 4 is 0 Å². The van der Waals surface area contributed by atoms with Gasteiger partial charge in [-0.25, -0.2) is 4.39 Å². The van der Waals surface area contributed by atoms with Crippen LogP contribution in [0.15, 0.2) is 0 Å². The van der Waals surface area contributed by atoms with Gasteiger partial charge in [0.1, 0.15) is 5.67 Å². The second kappa shape index (κ2) is 2.67. The molecule has 2 nitrogen and oxygen atoms in total. The molecule has 0 bridgehead atoms. The van der Waals surface area contributed by atoms with Crippen LogP contribution in [0.3, 0.4) is 0 Å². The minimum atomic E-state index is -0.922. The van der Waals surface area contributed by atoms with Crippen LogP contribution in [-0.2, 0) is 0 Å². The molecule has 0 radical (unpaired) electrons. The van der Waals surface area contributed by atoms with Gasteiger partial charge in [0, 0.05) is 32.2 Å². The molecule has 3 heteroatoms. The summed E-state index contributed by atoms with van der Waals surface area (Å²) in [5.41, 5.74) is -0.922. The van der Waals surface area contributed by atoms with E-state index in [-0.39, 0.29) is 0 Å². The number of rotatable bonds is 1. The number of likely N-dealkylation sites (tertiary alicyclic amines) is 2. The van der Waals surface area contributed by atoms with E-state index in [1.165, 1.54) is 0 Å². The lowest BCUT2D eigenvalue weighted by Gasteiger charge is -2.42. The summed E-state index contributed by atoms with van der Waals surface area (Å²) < 4.78 is 13.4. The molecule has 2 aliphatic heterocycles. The first-order valence-electron chi connectivity index (χ1n) is 4.68. The predicted octanol–water partition coefficient (Wildman–Crippen LogP) is 0.734. The van der Waals surface area contributed by atoms with E-state index in [9.17, 15) is 4.39 Å². The van der Waals surface area contributed by atoms with Gasteiger partial charge in [0.2, 0.25) is 0 Å². The van der Waals surface area contributed by atoms with Gasteiger partial charge in [0.05, 0.1) is 0 Å². The molecule has 2 aliphatic rings. The number of nitrogens with zero attached hydrogens (tertiary/aromatic N) is 2. The zero-order chi connectivity index (χ0) is 8.77. The van der Waals surface area contributed by atoms with Crippen LogP contribution in [0.5, 0.6) is 0 Å². The molecular weight excluding hydrogens is 155 g/mol. The molecule has 0 aromatic heterocycles. The summed E-state index contributed by atoms with van der Waals surface area (Å²) in [4.78, 5) is 4.57. The highest BCUT2D eigenvalue weighted by Gasteiger charge is 2.39. The van der Waals surface area contributed by atoms with Crippen molar-refractivity contribution in [3.63, 3.8) is 0 Å². The normalized spacial score (nSPS) is 40.2. The molecule has 70 valence electrons. The molecule has 2 fully saturated rings. The van der Waals surface area contributed by atoms with Gasteiger partial charge in [-0.3, -0.25) is 4.90 Å². The van der Waals surface area contributed by atoms with E-state index in [4.69, 9.17) is 0 Å². The van der Waals surface area contributed by atoms with Gasteiger partial charge in [-0.2, -0.15) is 0 Å². The molecule has 0 aromatic carbocycles. The Morgan fingerprint density at radius 3 is 2.50 bits per heavy atom. The minimum absolute atomic E-state index is 0.632. The summed E-state index contributed by atoms with van der Waals surface area (Å²) in [6, 6.07) is 0.632. The van der Waals surface area contributed by atoms with Crippen LogP contribution in [-0.4, -0.2) is 54.7 Å². The van der Waals surface area contributed by atoms with Gasteiger partial charge < -0.3 is 4.90 Å². The Hall–Kier alpha value is -0.150. The van der Waals surface area contributed by atoms with E-state index in [1.807, 2.05) is 0 Å². The van der Waals surface area contributed by atoms with Crippen LogP contribution in [0, 0.1) is 0 Å². The Morgan fingerprint density at radius 2 is 2.08 bits per heavy atom. The maximum absolute atomic E-state index is 13.4. The Bertz CT molecular complexity index is 175. The largest absolute Gasteiger partial charge is 0.303 e. The topological polar surface area (TPSA) is 6.48 Å². The van der Waals surface area contributed by atoms with Gasteiger partial charge in [0.15, 0.2) is 0 Å². The Labute approximate surface area is 73.3 Å². The number of alkyl halides is 1. The summed E-state index contributed by atoms with van der Waals surface area (Å²) in [5, 5.41) is 0. The van der Waals surface area contributed by atoms with Crippen molar-refractivity contribution in [1.29, 1.82) is 0 Å². The van der Waals surface area contributed by atoms with Gasteiger partial charge in [-0.1, -0.05) is 0 Å². The number of likely N-dealkylation sites (N-methyl/N-ethyl adjacent to an activating group) is 1. The highest BCUT2D eigenvalue weighted by Crippen LogP contribution is 2.28. The highest BCUT2D eigenvalue weighted by molar-refractivity contribution is 4.94. The maximum atomic E-state index is 13.4. The summed E-state index contributed by atoms with van der Waals surface area (Å²) in [7, 11) is 2.11. The average Bonchev–Trinajstić information content (AvgIpc) is 2.23. The third kappa shape index (κ3) is 1.48. The van der Waals surface area contributed by atoms with E-state index >= 15 is 0 Å². The van der Waals surface area contributed by atoms with Crippen LogP contribution in [0.1, 0.15) is 13.3 Å². The van der Waals surface area contributed by atoms with E-state index in [1.54, 1.807) is 6.92 Å². The third-order valence-electron chi connectivity index (χ3n) is 3.01. The molecule has 2 rings (SSSR count). The van der Waals surface area contributed by atoms with Gasteiger partial charge in [0.25, 0.3) is 0 Å². The van der Waals surface area contributed by atoms with Crippen LogP contribution in [0.4, 0.5) is 4.39 Å². The Kier molecular flexibility index (Phi) is 1.88. The SMILES string of the molecule is CN1CC(N2CCC(C)(F)C2)C1. The number of halogens is 1. The molecule has 0 aliphatic carbocycles. The quantitative estimate of drug-likeness (QED) is 0.575. The van der Waals surface area contributed by atoms with E-state index in [0.29, 0.717) is 19.0 Å². The van der Waals surface area contributed by atoms with Crippen molar-refractivity contribution in [1.82, 2.24) is 9.80 Å². The maximum Gasteiger partial charge on any atom is 0.122 e. The van der Waals surface area contributed by atoms with Gasteiger partial charge >= 0.3 is 0 Å². The molecule has 0 aromatic rings. The van der Waals surface area contributed by atoms with Crippen LogP contribution in [0.2, 0.25) is 0 Å². The van der Waals surface area contributed by atoms with Crippen molar-refractivity contribution < 1.29 is 4.39 Å². The molecule has 2 saturated heterocycles. The fourth-order valence-electron chi connectivity index (χ4n) is 2.17. The summed E-state index contributed by atoms with van der Waals surface area (Å²) in [6.07, 6.45) is 0.715. The second-order valence-corrected chi connectivity index (χ2v) is 4.51. The molecule has 12 heavy (non-hydrogen) atoms. The molecule has 2 heterocycles. The second-order valence-electron chi connectivity index (χ2n) is 4.51. The minimum Gasteiger partial charge on any atom is -0.303 e. The van der Waals surface area contributed by atoms with E-state index < -0.39 is 5.67 Å².